The summed E-state index contributed by atoms with van der Waals surface area (Å²) in [7, 11) is 0. The summed E-state index contributed by atoms with van der Waals surface area (Å²) in [6, 6.07) is 5.52. The van der Waals surface area contributed by atoms with E-state index in [2.05, 4.69) is 10.1 Å². The first-order valence-electron chi connectivity index (χ1n) is 6.84. The Bertz CT molecular complexity index is 421. The maximum absolute atomic E-state index is 12.8. The molecule has 0 bridgehead atoms. The van der Waals surface area contributed by atoms with Crippen LogP contribution in [0.4, 0.5) is 17.6 Å². The summed E-state index contributed by atoms with van der Waals surface area (Å²) in [6.45, 7) is -0.00119. The number of ether oxygens (including phenoxy) is 1. The molecular formula is C14H18F4N2O. The van der Waals surface area contributed by atoms with Crippen molar-refractivity contribution < 1.29 is 22.3 Å². The van der Waals surface area contributed by atoms with Crippen molar-refractivity contribution in [2.45, 2.75) is 25.5 Å². The molecule has 0 unspecified atom stereocenters. The first-order valence-corrected chi connectivity index (χ1v) is 6.84. The second-order valence-corrected chi connectivity index (χ2v) is 4.88. The van der Waals surface area contributed by atoms with E-state index in [9.17, 15) is 17.6 Å². The summed E-state index contributed by atoms with van der Waals surface area (Å²) in [5.74, 6) is 0.0323. The summed E-state index contributed by atoms with van der Waals surface area (Å²) >= 11 is 0. The van der Waals surface area contributed by atoms with Crippen LogP contribution in [0, 0.1) is 0 Å². The van der Waals surface area contributed by atoms with Gasteiger partial charge in [-0.25, -0.2) is 8.78 Å². The second kappa shape index (κ2) is 7.61. The van der Waals surface area contributed by atoms with Gasteiger partial charge in [0, 0.05) is 38.6 Å². The van der Waals surface area contributed by atoms with E-state index < -0.39 is 19.1 Å². The number of nitrogens with one attached hydrogen (secondary N) is 1. The summed E-state index contributed by atoms with van der Waals surface area (Å²) < 4.78 is 54.1. The Morgan fingerprint density at radius 1 is 1.05 bits per heavy atom. The van der Waals surface area contributed by atoms with Crippen molar-refractivity contribution in [2.75, 3.05) is 26.2 Å². The molecule has 0 aromatic heterocycles. The fourth-order valence-electron chi connectivity index (χ4n) is 2.53. The molecule has 0 aliphatic carbocycles. The number of rotatable bonds is 6. The van der Waals surface area contributed by atoms with E-state index in [0.717, 1.165) is 13.1 Å². The average Bonchev–Trinajstić information content (AvgIpc) is 2.46. The minimum Gasteiger partial charge on any atom is -0.435 e. The monoisotopic (exact) mass is 306 g/mol. The zero-order valence-corrected chi connectivity index (χ0v) is 11.4. The first kappa shape index (κ1) is 16.0. The van der Waals surface area contributed by atoms with Crippen LogP contribution >= 0.6 is 0 Å². The summed E-state index contributed by atoms with van der Waals surface area (Å²) in [4.78, 5) is 1.99. The molecule has 0 spiro atoms. The minimum absolute atomic E-state index is 0.0323. The highest BCUT2D eigenvalue weighted by Gasteiger charge is 2.25. The van der Waals surface area contributed by atoms with Crippen molar-refractivity contribution in [2.24, 2.45) is 0 Å². The predicted octanol–water partition coefficient (Wildman–Crippen LogP) is 2.89. The van der Waals surface area contributed by atoms with Crippen molar-refractivity contribution in [3.8, 4) is 5.75 Å². The Morgan fingerprint density at radius 3 is 2.19 bits per heavy atom. The van der Waals surface area contributed by atoms with Gasteiger partial charge in [-0.3, -0.25) is 4.90 Å². The molecule has 1 aliphatic heterocycles. The van der Waals surface area contributed by atoms with E-state index in [1.807, 2.05) is 4.90 Å². The molecular weight excluding hydrogens is 288 g/mol. The van der Waals surface area contributed by atoms with Crippen molar-refractivity contribution in [3.63, 3.8) is 0 Å². The standard InChI is InChI=1S/C14H18F4N2O/c15-13(16)9-12(20-7-5-19-6-8-20)10-1-3-11(4-2-10)21-14(17)18/h1-4,12-14,19H,5-9H2/t12-/m0/s1. The molecule has 1 N–H and O–H groups in total. The number of benzene rings is 1. The van der Waals surface area contributed by atoms with E-state index in [1.165, 1.54) is 12.1 Å². The molecule has 1 atom stereocenters. The molecule has 1 aromatic rings. The highest BCUT2D eigenvalue weighted by molar-refractivity contribution is 5.29. The lowest BCUT2D eigenvalue weighted by Crippen LogP contribution is -2.45. The fraction of sp³-hybridized carbons (Fsp3) is 0.571. The van der Waals surface area contributed by atoms with Crippen LogP contribution in [0.15, 0.2) is 24.3 Å². The lowest BCUT2D eigenvalue weighted by Gasteiger charge is -2.35. The maximum atomic E-state index is 12.8. The molecule has 0 saturated carbocycles. The van der Waals surface area contributed by atoms with Crippen LogP contribution in [0.2, 0.25) is 0 Å². The van der Waals surface area contributed by atoms with Gasteiger partial charge in [-0.15, -0.1) is 0 Å². The van der Waals surface area contributed by atoms with E-state index >= 15 is 0 Å². The molecule has 7 heteroatoms. The second-order valence-electron chi connectivity index (χ2n) is 4.88. The summed E-state index contributed by atoms with van der Waals surface area (Å²) in [6.07, 6.45) is -2.68. The fourth-order valence-corrected chi connectivity index (χ4v) is 2.53. The van der Waals surface area contributed by atoms with Gasteiger partial charge < -0.3 is 10.1 Å². The third-order valence-corrected chi connectivity index (χ3v) is 3.48. The zero-order chi connectivity index (χ0) is 15.2. The molecule has 1 heterocycles. The zero-order valence-electron chi connectivity index (χ0n) is 11.4. The largest absolute Gasteiger partial charge is 0.435 e. The number of alkyl halides is 4. The summed E-state index contributed by atoms with van der Waals surface area (Å²) in [5, 5.41) is 3.17. The van der Waals surface area contributed by atoms with Gasteiger partial charge >= 0.3 is 6.61 Å². The molecule has 0 radical (unpaired) electrons. The van der Waals surface area contributed by atoms with Crippen LogP contribution in [0.25, 0.3) is 0 Å². The summed E-state index contributed by atoms with van der Waals surface area (Å²) in [5.41, 5.74) is 0.693. The van der Waals surface area contributed by atoms with E-state index in [1.54, 1.807) is 12.1 Å². The van der Waals surface area contributed by atoms with Crippen molar-refractivity contribution in [1.82, 2.24) is 10.2 Å². The topological polar surface area (TPSA) is 24.5 Å². The third kappa shape index (κ3) is 4.86. The lowest BCUT2D eigenvalue weighted by atomic mass is 10.0. The van der Waals surface area contributed by atoms with Crippen molar-refractivity contribution in [1.29, 1.82) is 0 Å². The first-order chi connectivity index (χ1) is 10.1. The Labute approximate surface area is 120 Å². The molecule has 3 nitrogen and oxygen atoms in total. The van der Waals surface area contributed by atoms with Crippen LogP contribution in [-0.2, 0) is 0 Å². The average molecular weight is 306 g/mol. The predicted molar refractivity (Wildman–Crippen MR) is 70.9 cm³/mol. The Kier molecular flexibility index (Phi) is 5.81. The highest BCUT2D eigenvalue weighted by Crippen LogP contribution is 2.29. The smallest absolute Gasteiger partial charge is 0.387 e. The van der Waals surface area contributed by atoms with Gasteiger partial charge in [-0.2, -0.15) is 8.78 Å². The number of piperazine rings is 1. The molecule has 2 rings (SSSR count). The maximum Gasteiger partial charge on any atom is 0.387 e. The number of hydrogen-bond donors (Lipinski definition) is 1. The molecule has 21 heavy (non-hydrogen) atoms. The van der Waals surface area contributed by atoms with Gasteiger partial charge in [0.25, 0.3) is 0 Å². The van der Waals surface area contributed by atoms with Crippen molar-refractivity contribution in [3.05, 3.63) is 29.8 Å². The third-order valence-electron chi connectivity index (χ3n) is 3.48. The van der Waals surface area contributed by atoms with Crippen LogP contribution in [-0.4, -0.2) is 44.1 Å². The molecule has 1 saturated heterocycles. The van der Waals surface area contributed by atoms with Crippen LogP contribution in [0.5, 0.6) is 5.75 Å². The van der Waals surface area contributed by atoms with Gasteiger partial charge in [-0.05, 0) is 17.7 Å². The Balaban J connectivity index is 2.11. The number of halogens is 4. The molecule has 1 fully saturated rings. The normalized spacial score (nSPS) is 18.2. The number of nitrogens with zero attached hydrogens (tertiary/aromatic N) is 1. The van der Waals surface area contributed by atoms with Crippen LogP contribution in [0.3, 0.4) is 0 Å². The van der Waals surface area contributed by atoms with E-state index in [-0.39, 0.29) is 12.2 Å². The molecule has 0 amide bonds. The Morgan fingerprint density at radius 2 is 1.67 bits per heavy atom. The van der Waals surface area contributed by atoms with E-state index in [4.69, 9.17) is 0 Å². The van der Waals surface area contributed by atoms with Gasteiger partial charge in [0.05, 0.1) is 0 Å². The van der Waals surface area contributed by atoms with Gasteiger partial charge in [0.1, 0.15) is 5.75 Å². The highest BCUT2D eigenvalue weighted by atomic mass is 19.3. The minimum atomic E-state index is -2.89. The lowest BCUT2D eigenvalue weighted by molar-refractivity contribution is -0.0498. The Hall–Kier alpha value is -1.34. The van der Waals surface area contributed by atoms with Crippen LogP contribution < -0.4 is 10.1 Å². The SMILES string of the molecule is FC(F)C[C@@H](c1ccc(OC(F)F)cc1)N1CCNCC1. The van der Waals surface area contributed by atoms with Gasteiger partial charge in [0.2, 0.25) is 6.43 Å². The quantitative estimate of drug-likeness (QED) is 0.818. The number of hydrogen-bond acceptors (Lipinski definition) is 3. The molecule has 1 aromatic carbocycles. The van der Waals surface area contributed by atoms with Gasteiger partial charge in [-0.1, -0.05) is 12.1 Å². The molecule has 1 aliphatic rings. The van der Waals surface area contributed by atoms with E-state index in [0.29, 0.717) is 18.7 Å². The van der Waals surface area contributed by atoms with Crippen molar-refractivity contribution >= 4 is 0 Å². The molecule has 118 valence electrons. The van der Waals surface area contributed by atoms with Gasteiger partial charge in [0.15, 0.2) is 0 Å². The van der Waals surface area contributed by atoms with Crippen LogP contribution in [0.1, 0.15) is 18.0 Å².